The third-order valence-electron chi connectivity index (χ3n) is 6.10. The Morgan fingerprint density at radius 1 is 1.00 bits per heavy atom. The summed E-state index contributed by atoms with van der Waals surface area (Å²) in [7, 11) is -1.47. The second-order valence-corrected chi connectivity index (χ2v) is 10.8. The summed E-state index contributed by atoms with van der Waals surface area (Å²) in [5.74, 6) is -0.210. The first-order valence-electron chi connectivity index (χ1n) is 11.3. The first kappa shape index (κ1) is 24.4. The number of rotatable bonds is 6. The third kappa shape index (κ3) is 5.04. The lowest BCUT2D eigenvalue weighted by Crippen LogP contribution is -2.37. The van der Waals surface area contributed by atoms with Gasteiger partial charge in [-0.1, -0.05) is 23.8 Å². The molecule has 8 heteroatoms. The Labute approximate surface area is 207 Å². The van der Waals surface area contributed by atoms with Gasteiger partial charge in [0.25, 0.3) is 5.91 Å². The van der Waals surface area contributed by atoms with E-state index in [1.165, 1.54) is 16.9 Å². The topological polar surface area (TPSA) is 70.7 Å². The molecule has 1 amide bonds. The van der Waals surface area contributed by atoms with Crippen LogP contribution < -0.4 is 14.9 Å². The van der Waals surface area contributed by atoms with Crippen molar-refractivity contribution in [3.05, 3.63) is 68.4 Å². The molecule has 0 bridgehead atoms. The highest BCUT2D eigenvalue weighted by Gasteiger charge is 2.22. The van der Waals surface area contributed by atoms with Crippen LogP contribution in [0, 0.1) is 34.6 Å². The van der Waals surface area contributed by atoms with Crippen molar-refractivity contribution in [3.63, 3.8) is 0 Å². The maximum Gasteiger partial charge on any atom is 0.267 e. The summed E-state index contributed by atoms with van der Waals surface area (Å²) in [5, 5.41) is 4.97. The molecular formula is C26H31N3O3S2. The molecule has 0 saturated carbocycles. The number of benzene rings is 2. The van der Waals surface area contributed by atoms with Crippen LogP contribution in [0.15, 0.2) is 40.6 Å². The van der Waals surface area contributed by atoms with Gasteiger partial charge in [-0.15, -0.1) is 11.3 Å². The van der Waals surface area contributed by atoms with E-state index in [2.05, 4.69) is 34.9 Å². The lowest BCUT2D eigenvalue weighted by Gasteiger charge is -2.32. The number of anilines is 3. The zero-order valence-corrected chi connectivity index (χ0v) is 21.9. The van der Waals surface area contributed by atoms with Crippen molar-refractivity contribution < 1.29 is 13.7 Å². The van der Waals surface area contributed by atoms with Crippen LogP contribution in [0.1, 0.15) is 37.5 Å². The van der Waals surface area contributed by atoms with Gasteiger partial charge < -0.3 is 15.0 Å². The van der Waals surface area contributed by atoms with E-state index in [0.717, 1.165) is 46.7 Å². The van der Waals surface area contributed by atoms with Crippen LogP contribution in [0.4, 0.5) is 17.1 Å². The summed E-state index contributed by atoms with van der Waals surface area (Å²) in [6.07, 6.45) is 0. The highest BCUT2D eigenvalue weighted by atomic mass is 32.2. The van der Waals surface area contributed by atoms with E-state index in [9.17, 15) is 9.00 Å². The SMILES string of the molecule is Cc1ccc(S(=O)Nc2ccsc2C(=O)Nc2c(C)cc(C)c(N3CCOCC3)c2C)c(C)c1. The average Bonchev–Trinajstić information content (AvgIpc) is 3.25. The monoisotopic (exact) mass is 497 g/mol. The van der Waals surface area contributed by atoms with Gasteiger partial charge in [-0.25, -0.2) is 4.21 Å². The smallest absolute Gasteiger partial charge is 0.267 e. The van der Waals surface area contributed by atoms with Gasteiger partial charge in [-0.2, -0.15) is 0 Å². The zero-order valence-electron chi connectivity index (χ0n) is 20.3. The molecule has 180 valence electrons. The molecule has 1 aliphatic heterocycles. The maximum absolute atomic E-state index is 13.3. The van der Waals surface area contributed by atoms with E-state index in [1.807, 2.05) is 44.4 Å². The van der Waals surface area contributed by atoms with Gasteiger partial charge >= 0.3 is 0 Å². The van der Waals surface area contributed by atoms with Crippen LogP contribution in [-0.2, 0) is 15.7 Å². The summed E-state index contributed by atoms with van der Waals surface area (Å²) >= 11 is 1.33. The fraction of sp³-hybridized carbons (Fsp3) is 0.346. The number of morpholine rings is 1. The molecule has 4 rings (SSSR count). The Morgan fingerprint density at radius 3 is 2.44 bits per heavy atom. The first-order chi connectivity index (χ1) is 16.3. The number of nitrogens with one attached hydrogen (secondary N) is 2. The van der Waals surface area contributed by atoms with Crippen LogP contribution in [0.2, 0.25) is 0 Å². The molecule has 1 aromatic heterocycles. The number of carbonyl (C=O) groups excluding carboxylic acids is 1. The van der Waals surface area contributed by atoms with Crippen LogP contribution in [0.5, 0.6) is 0 Å². The molecule has 2 heterocycles. The molecule has 0 aliphatic carbocycles. The Morgan fingerprint density at radius 2 is 1.74 bits per heavy atom. The third-order valence-corrected chi connectivity index (χ3v) is 8.28. The van der Waals surface area contributed by atoms with E-state index >= 15 is 0 Å². The van der Waals surface area contributed by atoms with Crippen LogP contribution in [-0.4, -0.2) is 36.4 Å². The number of hydrogen-bond acceptors (Lipinski definition) is 5. The van der Waals surface area contributed by atoms with E-state index < -0.39 is 11.0 Å². The maximum atomic E-state index is 13.3. The normalized spacial score (nSPS) is 14.7. The number of ether oxygens (including phenoxy) is 1. The lowest BCUT2D eigenvalue weighted by atomic mass is 10.0. The Balaban J connectivity index is 1.57. The van der Waals surface area contributed by atoms with Gasteiger partial charge in [0.05, 0.1) is 23.8 Å². The van der Waals surface area contributed by atoms with Crippen molar-refractivity contribution in [1.82, 2.24) is 0 Å². The highest BCUT2D eigenvalue weighted by Crippen LogP contribution is 2.35. The fourth-order valence-electron chi connectivity index (χ4n) is 4.54. The lowest BCUT2D eigenvalue weighted by molar-refractivity contribution is 0.103. The van der Waals surface area contributed by atoms with Gasteiger partial charge in [0.2, 0.25) is 0 Å². The number of aryl methyl sites for hydroxylation is 4. The Bertz CT molecular complexity index is 1250. The summed E-state index contributed by atoms with van der Waals surface area (Å²) in [6, 6.07) is 9.74. The minimum atomic E-state index is -1.47. The van der Waals surface area contributed by atoms with E-state index in [-0.39, 0.29) is 5.91 Å². The highest BCUT2D eigenvalue weighted by molar-refractivity contribution is 7.86. The van der Waals surface area contributed by atoms with Crippen molar-refractivity contribution in [2.24, 2.45) is 0 Å². The molecule has 1 fully saturated rings. The van der Waals surface area contributed by atoms with Crippen molar-refractivity contribution in [3.8, 4) is 0 Å². The molecule has 0 spiro atoms. The van der Waals surface area contributed by atoms with Crippen LogP contribution in [0.3, 0.4) is 0 Å². The number of amides is 1. The molecule has 1 aliphatic rings. The van der Waals surface area contributed by atoms with Crippen molar-refractivity contribution in [1.29, 1.82) is 0 Å². The number of thiophene rings is 1. The van der Waals surface area contributed by atoms with Gasteiger partial charge in [-0.05, 0) is 74.4 Å². The minimum absolute atomic E-state index is 0.210. The number of carbonyl (C=O) groups is 1. The van der Waals surface area contributed by atoms with Crippen molar-refractivity contribution in [2.75, 3.05) is 41.2 Å². The molecule has 6 nitrogen and oxygen atoms in total. The summed E-state index contributed by atoms with van der Waals surface area (Å²) in [5.41, 5.74) is 7.89. The second kappa shape index (κ2) is 10.3. The molecule has 0 radical (unpaired) electrons. The first-order valence-corrected chi connectivity index (χ1v) is 13.4. The molecule has 1 atom stereocenters. The summed E-state index contributed by atoms with van der Waals surface area (Å²) < 4.78 is 21.6. The van der Waals surface area contributed by atoms with E-state index in [4.69, 9.17) is 4.74 Å². The molecule has 1 unspecified atom stereocenters. The van der Waals surface area contributed by atoms with Gasteiger partial charge in [0, 0.05) is 24.5 Å². The predicted octanol–water partition coefficient (Wildman–Crippen LogP) is 5.51. The molecular weight excluding hydrogens is 466 g/mol. The van der Waals surface area contributed by atoms with Crippen LogP contribution in [0.25, 0.3) is 0 Å². The van der Waals surface area contributed by atoms with Gasteiger partial charge in [0.15, 0.2) is 11.0 Å². The largest absolute Gasteiger partial charge is 0.378 e. The minimum Gasteiger partial charge on any atom is -0.378 e. The van der Waals surface area contributed by atoms with E-state index in [1.54, 1.807) is 6.07 Å². The summed E-state index contributed by atoms with van der Waals surface area (Å²) in [6.45, 7) is 13.2. The fourth-order valence-corrected chi connectivity index (χ4v) is 6.37. The Kier molecular flexibility index (Phi) is 7.40. The Hall–Kier alpha value is -2.68. The van der Waals surface area contributed by atoms with Crippen molar-refractivity contribution >= 4 is 45.3 Å². The standard InChI is InChI=1S/C26H31N3O3S2/c1-16-6-7-22(17(2)14-16)34(31)28-21-8-13-33-25(21)26(30)27-23-18(3)15-19(4)24(20(23)5)29-9-11-32-12-10-29/h6-8,13-15,28H,9-12H2,1-5H3,(H,27,30). The van der Waals surface area contributed by atoms with E-state index in [0.29, 0.717) is 28.7 Å². The molecule has 2 N–H and O–H groups in total. The number of hydrogen-bond donors (Lipinski definition) is 2. The zero-order chi connectivity index (χ0) is 24.4. The van der Waals surface area contributed by atoms with Gasteiger partial charge in [0.1, 0.15) is 4.88 Å². The van der Waals surface area contributed by atoms with Crippen LogP contribution >= 0.6 is 11.3 Å². The second-order valence-electron chi connectivity index (χ2n) is 8.72. The quantitative estimate of drug-likeness (QED) is 0.471. The molecule has 3 aromatic rings. The van der Waals surface area contributed by atoms with Crippen molar-refractivity contribution in [2.45, 2.75) is 39.5 Å². The predicted molar refractivity (Wildman–Crippen MR) is 142 cm³/mol. The molecule has 34 heavy (non-hydrogen) atoms. The molecule has 1 saturated heterocycles. The average molecular weight is 498 g/mol. The van der Waals surface area contributed by atoms with Gasteiger partial charge in [-0.3, -0.25) is 9.52 Å². The molecule has 2 aromatic carbocycles. The number of nitrogens with zero attached hydrogens (tertiary/aromatic N) is 1. The summed E-state index contributed by atoms with van der Waals surface area (Å²) in [4.78, 5) is 16.9.